The normalized spacial score (nSPS) is 17.4. The van der Waals surface area contributed by atoms with Crippen LogP contribution in [-0.4, -0.2) is 77.6 Å². The molecule has 0 aliphatic carbocycles. The van der Waals surface area contributed by atoms with E-state index in [-0.39, 0.29) is 11.9 Å². The molecular formula is C35H43BrN3O6+. The van der Waals surface area contributed by atoms with E-state index in [0.717, 1.165) is 62.0 Å². The van der Waals surface area contributed by atoms with Crippen LogP contribution in [0, 0.1) is 0 Å². The van der Waals surface area contributed by atoms with Crippen molar-refractivity contribution in [3.63, 3.8) is 0 Å². The third-order valence-corrected chi connectivity index (χ3v) is 9.81. The third kappa shape index (κ3) is 6.87. The number of ether oxygens (including phenoxy) is 5. The summed E-state index contributed by atoms with van der Waals surface area (Å²) in [5.41, 5.74) is 5.75. The molecule has 9 nitrogen and oxygen atoms in total. The summed E-state index contributed by atoms with van der Waals surface area (Å²) in [6, 6.07) is 16.4. The van der Waals surface area contributed by atoms with Crippen LogP contribution in [0.1, 0.15) is 34.7 Å². The summed E-state index contributed by atoms with van der Waals surface area (Å²) in [7, 11) is 10.6. The number of carbonyl (C=O) groups excluding carboxylic acids is 1. The second-order valence-electron chi connectivity index (χ2n) is 11.7. The molecule has 0 bridgehead atoms. The molecule has 5 rings (SSSR count). The lowest BCUT2D eigenvalue weighted by Gasteiger charge is -2.46. The molecule has 1 aliphatic rings. The SMILES string of the molecule is COc1ccc2[nH]c(Br)c(CCNC(=O)CC[N+]3(C)CCc4cc(OC)c(OC)cc4C3Cc3ccc(OC)c(OC)c3)c2c1. The van der Waals surface area contributed by atoms with E-state index in [2.05, 4.69) is 51.5 Å². The van der Waals surface area contributed by atoms with Crippen LogP contribution >= 0.6 is 15.9 Å². The van der Waals surface area contributed by atoms with Gasteiger partial charge in [0.2, 0.25) is 5.91 Å². The maximum absolute atomic E-state index is 13.2. The number of hydrogen-bond acceptors (Lipinski definition) is 6. The Morgan fingerprint density at radius 2 is 1.62 bits per heavy atom. The molecule has 1 amide bonds. The van der Waals surface area contributed by atoms with Gasteiger partial charge in [0, 0.05) is 35.9 Å². The Bertz CT molecular complexity index is 1670. The zero-order valence-corrected chi connectivity index (χ0v) is 28.5. The summed E-state index contributed by atoms with van der Waals surface area (Å²) in [5.74, 6) is 3.69. The number of methoxy groups -OCH3 is 5. The first-order chi connectivity index (χ1) is 21.7. The lowest BCUT2D eigenvalue weighted by molar-refractivity contribution is -0.940. The van der Waals surface area contributed by atoms with Gasteiger partial charge < -0.3 is 38.5 Å². The highest BCUT2D eigenvalue weighted by molar-refractivity contribution is 9.10. The smallest absolute Gasteiger partial charge is 0.225 e. The predicted octanol–water partition coefficient (Wildman–Crippen LogP) is 6.01. The second kappa shape index (κ2) is 14.0. The molecule has 0 saturated carbocycles. The van der Waals surface area contributed by atoms with Crippen molar-refractivity contribution in [2.24, 2.45) is 0 Å². The number of nitrogens with one attached hydrogen (secondary N) is 2. The molecule has 2 heterocycles. The fourth-order valence-electron chi connectivity index (χ4n) is 6.50. The zero-order valence-electron chi connectivity index (χ0n) is 26.9. The molecule has 0 fully saturated rings. The van der Waals surface area contributed by atoms with E-state index < -0.39 is 0 Å². The molecular weight excluding hydrogens is 638 g/mol. The highest BCUT2D eigenvalue weighted by Crippen LogP contribution is 2.43. The summed E-state index contributed by atoms with van der Waals surface area (Å²) < 4.78 is 29.5. The second-order valence-corrected chi connectivity index (χ2v) is 12.5. The van der Waals surface area contributed by atoms with Gasteiger partial charge in [-0.15, -0.1) is 0 Å². The van der Waals surface area contributed by atoms with Gasteiger partial charge in [0.1, 0.15) is 11.8 Å². The van der Waals surface area contributed by atoms with Crippen LogP contribution in [-0.2, 0) is 24.1 Å². The first-order valence-electron chi connectivity index (χ1n) is 15.1. The molecule has 1 aromatic heterocycles. The molecule has 2 unspecified atom stereocenters. The molecule has 1 aliphatic heterocycles. The maximum atomic E-state index is 13.2. The Labute approximate surface area is 273 Å². The van der Waals surface area contributed by atoms with Crippen LogP contribution in [0.15, 0.2) is 53.1 Å². The number of halogens is 1. The highest BCUT2D eigenvalue weighted by atomic mass is 79.9. The van der Waals surface area contributed by atoms with E-state index in [9.17, 15) is 4.79 Å². The fourth-order valence-corrected chi connectivity index (χ4v) is 7.12. The van der Waals surface area contributed by atoms with E-state index >= 15 is 0 Å². The number of rotatable bonds is 13. The maximum Gasteiger partial charge on any atom is 0.225 e. The van der Waals surface area contributed by atoms with E-state index in [1.54, 1.807) is 35.5 Å². The monoisotopic (exact) mass is 680 g/mol. The number of aromatic amines is 1. The molecule has 2 N–H and O–H groups in total. The van der Waals surface area contributed by atoms with Crippen molar-refractivity contribution in [3.8, 4) is 28.7 Å². The van der Waals surface area contributed by atoms with E-state index in [0.29, 0.717) is 43.2 Å². The number of carbonyl (C=O) groups is 1. The number of benzene rings is 3. The number of quaternary nitrogens is 1. The van der Waals surface area contributed by atoms with Gasteiger partial charge in [0.15, 0.2) is 23.0 Å². The number of fused-ring (bicyclic) bond motifs is 2. The first-order valence-corrected chi connectivity index (χ1v) is 15.9. The average molecular weight is 682 g/mol. The summed E-state index contributed by atoms with van der Waals surface area (Å²) in [6.07, 6.45) is 2.76. The molecule has 3 aromatic carbocycles. The number of amides is 1. The first kappa shape index (κ1) is 32.5. The summed E-state index contributed by atoms with van der Waals surface area (Å²) in [6.45, 7) is 2.14. The lowest BCUT2D eigenvalue weighted by atomic mass is 9.86. The van der Waals surface area contributed by atoms with Crippen LogP contribution in [0.2, 0.25) is 0 Å². The van der Waals surface area contributed by atoms with Gasteiger partial charge in [-0.25, -0.2) is 0 Å². The largest absolute Gasteiger partial charge is 0.497 e. The quantitative estimate of drug-likeness (QED) is 0.168. The summed E-state index contributed by atoms with van der Waals surface area (Å²) >= 11 is 3.65. The fraction of sp³-hybridized carbons (Fsp3) is 0.400. The number of nitrogens with zero attached hydrogens (tertiary/aromatic N) is 1. The molecule has 240 valence electrons. The van der Waals surface area contributed by atoms with Crippen molar-refractivity contribution in [1.29, 1.82) is 0 Å². The van der Waals surface area contributed by atoms with Crippen LogP contribution in [0.4, 0.5) is 0 Å². The van der Waals surface area contributed by atoms with Crippen molar-refractivity contribution < 1.29 is 33.0 Å². The molecule has 0 radical (unpaired) electrons. The van der Waals surface area contributed by atoms with E-state index in [4.69, 9.17) is 23.7 Å². The Hall–Kier alpha value is -3.89. The van der Waals surface area contributed by atoms with E-state index in [1.807, 2.05) is 30.3 Å². The molecule has 10 heteroatoms. The van der Waals surface area contributed by atoms with Crippen LogP contribution in [0.5, 0.6) is 28.7 Å². The van der Waals surface area contributed by atoms with Crippen LogP contribution < -0.4 is 29.0 Å². The van der Waals surface area contributed by atoms with Gasteiger partial charge in [-0.3, -0.25) is 4.79 Å². The van der Waals surface area contributed by atoms with Gasteiger partial charge in [-0.1, -0.05) is 6.07 Å². The topological polar surface area (TPSA) is 91.0 Å². The van der Waals surface area contributed by atoms with Crippen LogP contribution in [0.3, 0.4) is 0 Å². The minimum atomic E-state index is 0.0471. The van der Waals surface area contributed by atoms with Gasteiger partial charge >= 0.3 is 0 Å². The Morgan fingerprint density at radius 1 is 0.911 bits per heavy atom. The number of hydrogen-bond donors (Lipinski definition) is 2. The van der Waals surface area contributed by atoms with Crippen molar-refractivity contribution >= 4 is 32.7 Å². The average Bonchev–Trinajstić information content (AvgIpc) is 3.38. The predicted molar refractivity (Wildman–Crippen MR) is 179 cm³/mol. The van der Waals surface area contributed by atoms with Gasteiger partial charge in [-0.05, 0) is 81.5 Å². The lowest BCUT2D eigenvalue weighted by Crippen LogP contribution is -2.53. The molecule has 2 atom stereocenters. The zero-order chi connectivity index (χ0) is 32.1. The van der Waals surface area contributed by atoms with Crippen molar-refractivity contribution in [2.75, 3.05) is 62.2 Å². The standard InChI is InChI=1S/C35H42BrN3O6/c1-39(16-13-34(40)37-14-11-25-27-20-24(41-2)8-9-28(27)38-35(25)36)15-12-23-19-32(44-5)33(45-6)21-26(23)29(39)17-22-7-10-30(42-3)31(18-22)43-4/h7-10,18-21,29,38H,11-17H2,1-6H3/p+1. The number of aromatic nitrogens is 1. The minimum Gasteiger partial charge on any atom is -0.497 e. The summed E-state index contributed by atoms with van der Waals surface area (Å²) in [5, 5.41) is 4.25. The minimum absolute atomic E-state index is 0.0471. The third-order valence-electron chi connectivity index (χ3n) is 9.13. The Kier molecular flexibility index (Phi) is 10.1. The molecule has 45 heavy (non-hydrogen) atoms. The summed E-state index contributed by atoms with van der Waals surface area (Å²) in [4.78, 5) is 16.6. The van der Waals surface area contributed by atoms with Crippen molar-refractivity contribution in [1.82, 2.24) is 10.3 Å². The van der Waals surface area contributed by atoms with Gasteiger partial charge in [0.25, 0.3) is 0 Å². The number of likely N-dealkylation sites (N-methyl/N-ethyl adjacent to an activating group) is 1. The Balaban J connectivity index is 1.33. The van der Waals surface area contributed by atoms with Gasteiger partial charge in [-0.2, -0.15) is 0 Å². The molecule has 0 saturated heterocycles. The number of H-pyrrole nitrogens is 1. The molecule has 0 spiro atoms. The van der Waals surface area contributed by atoms with Gasteiger partial charge in [0.05, 0.1) is 66.7 Å². The highest BCUT2D eigenvalue weighted by Gasteiger charge is 2.40. The Morgan fingerprint density at radius 3 is 2.33 bits per heavy atom. The van der Waals surface area contributed by atoms with Crippen molar-refractivity contribution in [2.45, 2.75) is 31.7 Å². The van der Waals surface area contributed by atoms with Crippen LogP contribution in [0.25, 0.3) is 10.9 Å². The van der Waals surface area contributed by atoms with Crippen molar-refractivity contribution in [3.05, 3.63) is 75.4 Å². The molecule has 4 aromatic rings. The van der Waals surface area contributed by atoms with E-state index in [1.165, 1.54) is 11.1 Å².